The molecule has 0 aromatic carbocycles. The van der Waals surface area contributed by atoms with Crippen molar-refractivity contribution in [2.45, 2.75) is 65.8 Å². The Labute approximate surface area is 118 Å². The lowest BCUT2D eigenvalue weighted by Crippen LogP contribution is -2.44. The van der Waals surface area contributed by atoms with Crippen LogP contribution < -0.4 is 0 Å². The lowest BCUT2D eigenvalue weighted by molar-refractivity contribution is -0.128. The largest absolute Gasteiger partial charge is 0.395 e. The fourth-order valence-electron chi connectivity index (χ4n) is 3.35. The summed E-state index contributed by atoms with van der Waals surface area (Å²) in [5.41, 5.74) is 0.289. The first-order valence-corrected chi connectivity index (χ1v) is 7.81. The molecule has 0 aromatic rings. The molecule has 112 valence electrons. The molecule has 1 rings (SSSR count). The van der Waals surface area contributed by atoms with Crippen molar-refractivity contribution < 1.29 is 9.90 Å². The van der Waals surface area contributed by atoms with Crippen LogP contribution in [0.5, 0.6) is 0 Å². The standard InChI is InChI=1S/C16H31NO2/c1-5-14(6-2)17(9-10-18)12-13-11-16(3,4)8-7-15(13)19/h13-14,18H,5-12H2,1-4H3. The highest BCUT2D eigenvalue weighted by molar-refractivity contribution is 5.82. The Bertz CT molecular complexity index is 284. The van der Waals surface area contributed by atoms with Gasteiger partial charge in [-0.3, -0.25) is 9.69 Å². The number of hydrogen-bond acceptors (Lipinski definition) is 3. The molecule has 19 heavy (non-hydrogen) atoms. The molecule has 0 saturated heterocycles. The molecule has 0 bridgehead atoms. The number of aliphatic hydroxyl groups excluding tert-OH is 1. The van der Waals surface area contributed by atoms with Crippen molar-refractivity contribution in [3.63, 3.8) is 0 Å². The van der Waals surface area contributed by atoms with Crippen LogP contribution in [0.3, 0.4) is 0 Å². The molecule has 3 heteroatoms. The van der Waals surface area contributed by atoms with E-state index in [0.29, 0.717) is 18.4 Å². The van der Waals surface area contributed by atoms with Gasteiger partial charge in [-0.25, -0.2) is 0 Å². The molecule has 1 aliphatic rings. The van der Waals surface area contributed by atoms with Gasteiger partial charge in [-0.2, -0.15) is 0 Å². The Kier molecular flexibility index (Phi) is 6.48. The minimum Gasteiger partial charge on any atom is -0.395 e. The van der Waals surface area contributed by atoms with E-state index in [1.165, 1.54) is 0 Å². The van der Waals surface area contributed by atoms with Crippen molar-refractivity contribution in [3.05, 3.63) is 0 Å². The number of ketones is 1. The SMILES string of the molecule is CCC(CC)N(CCO)CC1CC(C)(C)CCC1=O. The number of carbonyl (C=O) groups is 1. The number of hydrogen-bond donors (Lipinski definition) is 1. The molecule has 1 unspecified atom stereocenters. The number of Topliss-reactive ketones (excluding diaryl/α,β-unsaturated/α-hetero) is 1. The van der Waals surface area contributed by atoms with Crippen molar-refractivity contribution >= 4 is 5.78 Å². The van der Waals surface area contributed by atoms with E-state index in [0.717, 1.165) is 38.6 Å². The van der Waals surface area contributed by atoms with Crippen LogP contribution in [-0.4, -0.2) is 41.5 Å². The van der Waals surface area contributed by atoms with E-state index in [2.05, 4.69) is 32.6 Å². The van der Waals surface area contributed by atoms with Crippen LogP contribution in [-0.2, 0) is 4.79 Å². The van der Waals surface area contributed by atoms with Crippen molar-refractivity contribution in [1.82, 2.24) is 4.90 Å². The summed E-state index contributed by atoms with van der Waals surface area (Å²) in [6, 6.07) is 0.491. The predicted octanol–water partition coefficient (Wildman–Crippen LogP) is 2.86. The zero-order valence-electron chi connectivity index (χ0n) is 13.1. The van der Waals surface area contributed by atoms with Crippen LogP contribution in [0.15, 0.2) is 0 Å². The third-order valence-corrected chi connectivity index (χ3v) is 4.60. The Hall–Kier alpha value is -0.410. The van der Waals surface area contributed by atoms with Crippen molar-refractivity contribution in [2.75, 3.05) is 19.7 Å². The summed E-state index contributed by atoms with van der Waals surface area (Å²) in [6.45, 7) is 10.6. The second-order valence-corrected chi connectivity index (χ2v) is 6.72. The Morgan fingerprint density at radius 1 is 1.37 bits per heavy atom. The van der Waals surface area contributed by atoms with Gasteiger partial charge in [0.15, 0.2) is 0 Å². The van der Waals surface area contributed by atoms with Crippen molar-refractivity contribution in [3.8, 4) is 0 Å². The molecule has 3 nitrogen and oxygen atoms in total. The molecule has 0 heterocycles. The zero-order valence-corrected chi connectivity index (χ0v) is 13.1. The summed E-state index contributed by atoms with van der Waals surface area (Å²) in [6.07, 6.45) is 4.91. The van der Waals surface area contributed by atoms with Crippen LogP contribution in [0, 0.1) is 11.3 Å². The van der Waals surface area contributed by atoms with Gasteiger partial charge in [-0.05, 0) is 31.1 Å². The Morgan fingerprint density at radius 3 is 2.53 bits per heavy atom. The quantitative estimate of drug-likeness (QED) is 0.772. The van der Waals surface area contributed by atoms with Gasteiger partial charge in [0, 0.05) is 31.5 Å². The van der Waals surface area contributed by atoms with Crippen molar-refractivity contribution in [2.24, 2.45) is 11.3 Å². The number of rotatable bonds is 7. The van der Waals surface area contributed by atoms with E-state index in [1.54, 1.807) is 0 Å². The third kappa shape index (κ3) is 4.88. The average molecular weight is 269 g/mol. The molecule has 1 atom stereocenters. The lowest BCUT2D eigenvalue weighted by Gasteiger charge is -2.38. The minimum atomic E-state index is 0.163. The van der Waals surface area contributed by atoms with E-state index in [4.69, 9.17) is 0 Å². The molecular formula is C16H31NO2. The van der Waals surface area contributed by atoms with Gasteiger partial charge in [0.2, 0.25) is 0 Å². The highest BCUT2D eigenvalue weighted by atomic mass is 16.3. The summed E-state index contributed by atoms with van der Waals surface area (Å²) in [5.74, 6) is 0.587. The molecule has 1 aliphatic carbocycles. The normalized spacial score (nSPS) is 23.3. The van der Waals surface area contributed by atoms with Crippen LogP contribution in [0.25, 0.3) is 0 Å². The molecule has 0 aromatic heterocycles. The first-order chi connectivity index (χ1) is 8.93. The molecular weight excluding hydrogens is 238 g/mol. The van der Waals surface area contributed by atoms with Gasteiger partial charge < -0.3 is 5.11 Å². The molecule has 0 amide bonds. The molecule has 0 spiro atoms. The van der Waals surface area contributed by atoms with Gasteiger partial charge >= 0.3 is 0 Å². The maximum atomic E-state index is 12.1. The Balaban J connectivity index is 2.68. The van der Waals surface area contributed by atoms with E-state index in [9.17, 15) is 9.90 Å². The fraction of sp³-hybridized carbons (Fsp3) is 0.938. The second-order valence-electron chi connectivity index (χ2n) is 6.72. The maximum Gasteiger partial charge on any atom is 0.137 e. The number of aliphatic hydroxyl groups is 1. The van der Waals surface area contributed by atoms with Crippen LogP contribution in [0.4, 0.5) is 0 Å². The molecule has 0 radical (unpaired) electrons. The lowest BCUT2D eigenvalue weighted by atomic mass is 9.71. The first kappa shape index (κ1) is 16.6. The molecule has 1 saturated carbocycles. The maximum absolute atomic E-state index is 12.1. The fourth-order valence-corrected chi connectivity index (χ4v) is 3.35. The second kappa shape index (κ2) is 7.39. The monoisotopic (exact) mass is 269 g/mol. The topological polar surface area (TPSA) is 40.5 Å². The van der Waals surface area contributed by atoms with E-state index >= 15 is 0 Å². The van der Waals surface area contributed by atoms with Gasteiger partial charge in [-0.1, -0.05) is 27.7 Å². The first-order valence-electron chi connectivity index (χ1n) is 7.81. The molecule has 1 N–H and O–H groups in total. The third-order valence-electron chi connectivity index (χ3n) is 4.60. The predicted molar refractivity (Wildman–Crippen MR) is 79.2 cm³/mol. The van der Waals surface area contributed by atoms with E-state index in [1.807, 2.05) is 0 Å². The zero-order chi connectivity index (χ0) is 14.5. The van der Waals surface area contributed by atoms with Crippen LogP contribution in [0.1, 0.15) is 59.8 Å². The number of carbonyl (C=O) groups excluding carboxylic acids is 1. The van der Waals surface area contributed by atoms with Gasteiger partial charge in [0.1, 0.15) is 5.78 Å². The summed E-state index contributed by atoms with van der Waals surface area (Å²) < 4.78 is 0. The minimum absolute atomic E-state index is 0.163. The average Bonchev–Trinajstić information content (AvgIpc) is 2.35. The highest BCUT2D eigenvalue weighted by Crippen LogP contribution is 2.37. The summed E-state index contributed by atoms with van der Waals surface area (Å²) >= 11 is 0. The number of nitrogens with zero attached hydrogens (tertiary/aromatic N) is 1. The smallest absolute Gasteiger partial charge is 0.137 e. The Morgan fingerprint density at radius 2 is 2.00 bits per heavy atom. The van der Waals surface area contributed by atoms with Gasteiger partial charge in [-0.15, -0.1) is 0 Å². The van der Waals surface area contributed by atoms with Crippen molar-refractivity contribution in [1.29, 1.82) is 0 Å². The van der Waals surface area contributed by atoms with Crippen LogP contribution >= 0.6 is 0 Å². The highest BCUT2D eigenvalue weighted by Gasteiger charge is 2.35. The summed E-state index contributed by atoms with van der Waals surface area (Å²) in [4.78, 5) is 14.5. The van der Waals surface area contributed by atoms with E-state index < -0.39 is 0 Å². The van der Waals surface area contributed by atoms with Crippen LogP contribution in [0.2, 0.25) is 0 Å². The van der Waals surface area contributed by atoms with Gasteiger partial charge in [0.25, 0.3) is 0 Å². The van der Waals surface area contributed by atoms with E-state index in [-0.39, 0.29) is 17.9 Å². The molecule has 0 aliphatic heterocycles. The summed E-state index contributed by atoms with van der Waals surface area (Å²) in [7, 11) is 0. The van der Waals surface area contributed by atoms with Gasteiger partial charge in [0.05, 0.1) is 6.61 Å². The summed E-state index contributed by atoms with van der Waals surface area (Å²) in [5, 5.41) is 9.25. The molecule has 1 fully saturated rings.